The zero-order chi connectivity index (χ0) is 18.6. The number of rotatable bonds is 5. The summed E-state index contributed by atoms with van der Waals surface area (Å²) in [4.78, 5) is 15.8. The Hall–Kier alpha value is -2.66. The molecule has 6 heteroatoms. The Morgan fingerprint density at radius 1 is 1.11 bits per heavy atom. The van der Waals surface area contributed by atoms with E-state index in [1.54, 1.807) is 6.33 Å². The van der Waals surface area contributed by atoms with E-state index in [4.69, 9.17) is 11.6 Å². The molecular weight excluding hydrogens is 358 g/mol. The van der Waals surface area contributed by atoms with Gasteiger partial charge in [0.15, 0.2) is 0 Å². The number of aryl methyl sites for hydroxylation is 1. The number of halogens is 1. The summed E-state index contributed by atoms with van der Waals surface area (Å²) in [5.41, 5.74) is 4.58. The van der Waals surface area contributed by atoms with Gasteiger partial charge in [0.1, 0.15) is 18.0 Å². The minimum atomic E-state index is 0.765. The van der Waals surface area contributed by atoms with Gasteiger partial charge < -0.3 is 10.2 Å². The number of anilines is 2. The maximum absolute atomic E-state index is 6.25. The topological polar surface area (TPSA) is 53.9 Å². The second kappa shape index (κ2) is 7.92. The average Bonchev–Trinajstić information content (AvgIpc) is 2.70. The zero-order valence-corrected chi connectivity index (χ0v) is 16.1. The fourth-order valence-corrected chi connectivity index (χ4v) is 3.58. The van der Waals surface area contributed by atoms with Gasteiger partial charge >= 0.3 is 0 Å². The van der Waals surface area contributed by atoms with Gasteiger partial charge in [-0.05, 0) is 36.6 Å². The van der Waals surface area contributed by atoms with Crippen molar-refractivity contribution in [2.24, 2.45) is 0 Å². The van der Waals surface area contributed by atoms with Gasteiger partial charge in [-0.25, -0.2) is 15.0 Å². The number of nitrogens with zero attached hydrogens (tertiary/aromatic N) is 4. The highest BCUT2D eigenvalue weighted by Gasteiger charge is 2.21. The van der Waals surface area contributed by atoms with E-state index in [0.717, 1.165) is 66.0 Å². The molecule has 0 saturated carbocycles. The molecular formula is C21H22ClN5. The fourth-order valence-electron chi connectivity index (χ4n) is 3.35. The van der Waals surface area contributed by atoms with Crippen molar-refractivity contribution < 1.29 is 0 Å². The molecule has 0 unspecified atom stereocenters. The monoisotopic (exact) mass is 379 g/mol. The van der Waals surface area contributed by atoms with Gasteiger partial charge in [0.05, 0.1) is 5.69 Å². The summed E-state index contributed by atoms with van der Waals surface area (Å²) >= 11 is 6.25. The van der Waals surface area contributed by atoms with Gasteiger partial charge in [0, 0.05) is 42.8 Å². The number of fused-ring (bicyclic) bond motifs is 1. The van der Waals surface area contributed by atoms with E-state index in [0.29, 0.717) is 0 Å². The van der Waals surface area contributed by atoms with E-state index in [1.165, 1.54) is 5.56 Å². The average molecular weight is 380 g/mol. The molecule has 0 spiro atoms. The summed E-state index contributed by atoms with van der Waals surface area (Å²) < 4.78 is 0. The number of hydrogen-bond acceptors (Lipinski definition) is 5. The van der Waals surface area contributed by atoms with E-state index in [1.807, 2.05) is 24.4 Å². The molecule has 1 N–H and O–H groups in total. The molecule has 0 aliphatic carbocycles. The van der Waals surface area contributed by atoms with Crippen LogP contribution in [0.4, 0.5) is 11.6 Å². The lowest BCUT2D eigenvalue weighted by Crippen LogP contribution is -2.32. The molecule has 0 atom stereocenters. The summed E-state index contributed by atoms with van der Waals surface area (Å²) in [6, 6.07) is 12.1. The molecule has 1 aliphatic rings. The van der Waals surface area contributed by atoms with E-state index in [2.05, 4.69) is 50.3 Å². The van der Waals surface area contributed by atoms with E-state index >= 15 is 0 Å². The van der Waals surface area contributed by atoms with Crippen molar-refractivity contribution in [3.8, 4) is 0 Å². The van der Waals surface area contributed by atoms with Gasteiger partial charge in [0.2, 0.25) is 0 Å². The van der Waals surface area contributed by atoms with Gasteiger partial charge in [0.25, 0.3) is 0 Å². The van der Waals surface area contributed by atoms with Gasteiger partial charge in [-0.3, -0.25) is 0 Å². The van der Waals surface area contributed by atoms with Crippen LogP contribution in [0.25, 0.3) is 0 Å². The minimum Gasteiger partial charge on any atom is -0.369 e. The summed E-state index contributed by atoms with van der Waals surface area (Å²) in [7, 11) is 0. The Morgan fingerprint density at radius 2 is 2.00 bits per heavy atom. The first kappa shape index (κ1) is 17.7. The van der Waals surface area contributed by atoms with Crippen LogP contribution in [0, 0.1) is 6.92 Å². The third-order valence-corrected chi connectivity index (χ3v) is 5.24. The summed E-state index contributed by atoms with van der Waals surface area (Å²) in [5.74, 6) is 1.90. The van der Waals surface area contributed by atoms with Crippen LogP contribution in [-0.4, -0.2) is 28.0 Å². The summed E-state index contributed by atoms with van der Waals surface area (Å²) in [6.45, 7) is 4.51. The Bertz CT molecular complexity index is 926. The van der Waals surface area contributed by atoms with Gasteiger partial charge in [-0.2, -0.15) is 0 Å². The van der Waals surface area contributed by atoms with Crippen molar-refractivity contribution in [1.82, 2.24) is 15.0 Å². The van der Waals surface area contributed by atoms with Crippen LogP contribution in [0.2, 0.25) is 5.02 Å². The second-order valence-electron chi connectivity index (χ2n) is 6.78. The fraction of sp³-hybridized carbons (Fsp3) is 0.286. The van der Waals surface area contributed by atoms with Crippen LogP contribution in [0.1, 0.15) is 22.4 Å². The molecule has 0 radical (unpaired) electrons. The molecule has 0 amide bonds. The highest BCUT2D eigenvalue weighted by molar-refractivity contribution is 6.31. The van der Waals surface area contributed by atoms with Crippen LogP contribution in [0.15, 0.2) is 48.9 Å². The third kappa shape index (κ3) is 4.03. The molecule has 3 aromatic rings. The van der Waals surface area contributed by atoms with Gasteiger partial charge in [-0.1, -0.05) is 35.9 Å². The smallest absolute Gasteiger partial charge is 0.134 e. The predicted octanol–water partition coefficient (Wildman–Crippen LogP) is 4.05. The molecule has 4 rings (SSSR count). The Balaban J connectivity index is 1.48. The molecule has 0 saturated heterocycles. The van der Waals surface area contributed by atoms with Crippen LogP contribution in [0.5, 0.6) is 0 Å². The lowest BCUT2D eigenvalue weighted by molar-refractivity contribution is 0.697. The molecule has 0 fully saturated rings. The van der Waals surface area contributed by atoms with Crippen molar-refractivity contribution >= 4 is 23.2 Å². The SMILES string of the molecule is Cc1ccc(N2CCc3ncnc(NCCc4ccccc4Cl)c3C2)nc1. The number of benzene rings is 1. The summed E-state index contributed by atoms with van der Waals surface area (Å²) in [5, 5.41) is 4.28. The Morgan fingerprint density at radius 3 is 2.81 bits per heavy atom. The molecule has 138 valence electrons. The predicted molar refractivity (Wildman–Crippen MR) is 109 cm³/mol. The van der Waals surface area contributed by atoms with Gasteiger partial charge in [-0.15, -0.1) is 0 Å². The molecule has 27 heavy (non-hydrogen) atoms. The van der Waals surface area contributed by atoms with Crippen molar-refractivity contribution in [1.29, 1.82) is 0 Å². The lowest BCUT2D eigenvalue weighted by Gasteiger charge is -2.30. The quantitative estimate of drug-likeness (QED) is 0.724. The van der Waals surface area contributed by atoms with E-state index in [9.17, 15) is 0 Å². The van der Waals surface area contributed by atoms with Crippen molar-refractivity contribution in [2.45, 2.75) is 26.3 Å². The molecule has 1 aromatic carbocycles. The lowest BCUT2D eigenvalue weighted by atomic mass is 10.1. The van der Waals surface area contributed by atoms with Crippen molar-refractivity contribution in [3.05, 3.63) is 76.3 Å². The first-order valence-corrected chi connectivity index (χ1v) is 9.56. The Labute approximate surface area is 164 Å². The van der Waals surface area contributed by atoms with Crippen LogP contribution in [0.3, 0.4) is 0 Å². The zero-order valence-electron chi connectivity index (χ0n) is 15.3. The highest BCUT2D eigenvalue weighted by Crippen LogP contribution is 2.26. The maximum atomic E-state index is 6.25. The van der Waals surface area contributed by atoms with Crippen LogP contribution < -0.4 is 10.2 Å². The van der Waals surface area contributed by atoms with E-state index < -0.39 is 0 Å². The minimum absolute atomic E-state index is 0.765. The molecule has 3 heterocycles. The molecule has 5 nitrogen and oxygen atoms in total. The first-order chi connectivity index (χ1) is 13.2. The largest absolute Gasteiger partial charge is 0.369 e. The van der Waals surface area contributed by atoms with E-state index in [-0.39, 0.29) is 0 Å². The summed E-state index contributed by atoms with van der Waals surface area (Å²) in [6.07, 6.45) is 5.31. The maximum Gasteiger partial charge on any atom is 0.134 e. The molecule has 1 aliphatic heterocycles. The first-order valence-electron chi connectivity index (χ1n) is 9.18. The molecule has 0 bridgehead atoms. The number of nitrogens with one attached hydrogen (secondary N) is 1. The number of pyridine rings is 1. The standard InChI is InChI=1S/C21H22ClN5/c1-15-6-7-20(24-12-15)27-11-9-19-17(13-27)21(26-14-25-19)23-10-8-16-4-2-3-5-18(16)22/h2-7,12,14H,8-11,13H2,1H3,(H,23,25,26). The second-order valence-corrected chi connectivity index (χ2v) is 7.19. The normalized spacial score (nSPS) is 13.3. The van der Waals surface area contributed by atoms with Crippen molar-refractivity contribution in [2.75, 3.05) is 23.3 Å². The third-order valence-electron chi connectivity index (χ3n) is 4.87. The van der Waals surface area contributed by atoms with Crippen LogP contribution in [-0.2, 0) is 19.4 Å². The number of aromatic nitrogens is 3. The molecule has 2 aromatic heterocycles. The number of hydrogen-bond donors (Lipinski definition) is 1. The Kier molecular flexibility index (Phi) is 5.21. The van der Waals surface area contributed by atoms with Crippen molar-refractivity contribution in [3.63, 3.8) is 0 Å². The highest BCUT2D eigenvalue weighted by atomic mass is 35.5. The van der Waals surface area contributed by atoms with Crippen LogP contribution >= 0.6 is 11.6 Å².